The molecule has 0 aromatic rings. The van der Waals surface area contributed by atoms with Gasteiger partial charge in [-0.15, -0.1) is 0 Å². The predicted octanol–water partition coefficient (Wildman–Crippen LogP) is 7.29. The number of unbranched alkanes of at least 4 members (excludes halogenated alkanes) is 7. The van der Waals surface area contributed by atoms with Gasteiger partial charge in [0.15, 0.2) is 0 Å². The fourth-order valence-electron chi connectivity index (χ4n) is 7.78. The fraction of sp³-hybridized carbons (Fsp3) is 0.970. The molecule has 2 aliphatic rings. The summed E-state index contributed by atoms with van der Waals surface area (Å²) < 4.78 is 0. The predicted molar refractivity (Wildman–Crippen MR) is 165 cm³/mol. The average molecular weight is 535 g/mol. The van der Waals surface area contributed by atoms with Gasteiger partial charge in [0.05, 0.1) is 0 Å². The first-order valence-electron chi connectivity index (χ1n) is 16.1. The van der Waals surface area contributed by atoms with Crippen molar-refractivity contribution in [2.45, 2.75) is 186 Å². The summed E-state index contributed by atoms with van der Waals surface area (Å²) in [7, 11) is 2.32. The number of piperidine rings is 2. The Labute approximate surface area is 237 Å². The van der Waals surface area contributed by atoms with Gasteiger partial charge < -0.3 is 20.4 Å². The zero-order valence-corrected chi connectivity index (χ0v) is 27.3. The Kier molecular flexibility index (Phi) is 12.6. The van der Waals surface area contributed by atoms with E-state index in [1.807, 2.05) is 0 Å². The first-order valence-corrected chi connectivity index (χ1v) is 16.1. The van der Waals surface area contributed by atoms with Crippen LogP contribution < -0.4 is 10.6 Å². The van der Waals surface area contributed by atoms with Gasteiger partial charge in [-0.1, -0.05) is 45.4 Å². The molecule has 224 valence electrons. The topological polar surface area (TPSA) is 47.6 Å². The van der Waals surface area contributed by atoms with E-state index in [-0.39, 0.29) is 22.2 Å². The molecule has 2 N–H and O–H groups in total. The Morgan fingerprint density at radius 2 is 1.05 bits per heavy atom. The quantitative estimate of drug-likeness (QED) is 0.217. The van der Waals surface area contributed by atoms with Crippen LogP contribution >= 0.6 is 0 Å². The Morgan fingerprint density at radius 3 is 1.55 bits per heavy atom. The molecular formula is C33H66N4O. The minimum Gasteiger partial charge on any atom is -0.340 e. The maximum Gasteiger partial charge on any atom is 0.222 e. The van der Waals surface area contributed by atoms with Crippen LogP contribution in [0.4, 0.5) is 0 Å². The monoisotopic (exact) mass is 535 g/mol. The second kappa shape index (κ2) is 14.3. The van der Waals surface area contributed by atoms with Crippen LogP contribution in [0.3, 0.4) is 0 Å². The van der Waals surface area contributed by atoms with E-state index in [0.717, 1.165) is 38.6 Å². The van der Waals surface area contributed by atoms with E-state index in [4.69, 9.17) is 0 Å². The molecule has 2 saturated heterocycles. The molecule has 5 nitrogen and oxygen atoms in total. The maximum atomic E-state index is 13.5. The number of amides is 1. The van der Waals surface area contributed by atoms with E-state index in [1.165, 1.54) is 64.3 Å². The highest BCUT2D eigenvalue weighted by atomic mass is 16.2. The van der Waals surface area contributed by atoms with Crippen molar-refractivity contribution in [3.8, 4) is 0 Å². The molecule has 0 atom stereocenters. The SMILES string of the molecule is CCCCCCCC(=O)N(CCCCCCN(C)C1CC(C)(C)NC(C)(C)C1)C1CC(C)(C)NC(C)(C)C1. The standard InChI is InChI=1S/C33H66N4O/c1-11-12-13-14-17-20-29(38)37(28-25-32(6,7)35-33(8,9)26-28)22-19-16-15-18-21-36(10)27-23-30(2,3)34-31(4,5)24-27/h27-28,34-35H,11-26H2,1-10H3. The van der Waals surface area contributed by atoms with Crippen LogP contribution in [0.25, 0.3) is 0 Å². The molecule has 0 saturated carbocycles. The first kappa shape index (κ1) is 33.6. The molecule has 0 unspecified atom stereocenters. The molecule has 2 fully saturated rings. The Bertz CT molecular complexity index is 682. The first-order chi connectivity index (χ1) is 17.5. The van der Waals surface area contributed by atoms with E-state index >= 15 is 0 Å². The maximum absolute atomic E-state index is 13.5. The second-order valence-corrected chi connectivity index (χ2v) is 15.6. The molecule has 5 heteroatoms. The lowest BCUT2D eigenvalue weighted by molar-refractivity contribution is -0.135. The Hall–Kier alpha value is -0.650. The third kappa shape index (κ3) is 11.8. The summed E-state index contributed by atoms with van der Waals surface area (Å²) in [5.74, 6) is 0.399. The van der Waals surface area contributed by atoms with Crippen molar-refractivity contribution in [3.63, 3.8) is 0 Å². The molecule has 2 aliphatic heterocycles. The summed E-state index contributed by atoms with van der Waals surface area (Å²) in [5.41, 5.74) is 0.526. The van der Waals surface area contributed by atoms with Crippen molar-refractivity contribution in [1.29, 1.82) is 0 Å². The molecule has 0 bridgehead atoms. The molecule has 0 spiro atoms. The zero-order chi connectivity index (χ0) is 28.6. The van der Waals surface area contributed by atoms with Crippen LogP contribution in [0.5, 0.6) is 0 Å². The number of nitrogens with one attached hydrogen (secondary N) is 2. The van der Waals surface area contributed by atoms with E-state index in [2.05, 4.69) is 89.8 Å². The van der Waals surface area contributed by atoms with Crippen molar-refractivity contribution >= 4 is 5.91 Å². The van der Waals surface area contributed by atoms with Crippen molar-refractivity contribution in [1.82, 2.24) is 20.4 Å². The summed E-state index contributed by atoms with van der Waals surface area (Å²) in [6.07, 6.45) is 16.1. The van der Waals surface area contributed by atoms with Crippen LogP contribution in [0.1, 0.15) is 152 Å². The molecule has 2 rings (SSSR count). The van der Waals surface area contributed by atoms with Gasteiger partial charge >= 0.3 is 0 Å². The number of carbonyl (C=O) groups is 1. The third-order valence-corrected chi connectivity index (χ3v) is 8.88. The van der Waals surface area contributed by atoms with Gasteiger partial charge in [0, 0.05) is 47.2 Å². The van der Waals surface area contributed by atoms with Crippen molar-refractivity contribution in [2.75, 3.05) is 20.1 Å². The smallest absolute Gasteiger partial charge is 0.222 e. The number of hydrogen-bond donors (Lipinski definition) is 2. The van der Waals surface area contributed by atoms with Crippen molar-refractivity contribution in [3.05, 3.63) is 0 Å². The Morgan fingerprint density at radius 1 is 0.632 bits per heavy atom. The van der Waals surface area contributed by atoms with Crippen LogP contribution in [0.2, 0.25) is 0 Å². The van der Waals surface area contributed by atoms with Gasteiger partial charge in [-0.2, -0.15) is 0 Å². The van der Waals surface area contributed by atoms with Crippen LogP contribution in [-0.2, 0) is 4.79 Å². The summed E-state index contributed by atoms with van der Waals surface area (Å²) in [5, 5.41) is 7.62. The number of hydrogen-bond acceptors (Lipinski definition) is 4. The summed E-state index contributed by atoms with van der Waals surface area (Å²) >= 11 is 0. The van der Waals surface area contributed by atoms with Gasteiger partial charge in [-0.05, 0) is 114 Å². The Balaban J connectivity index is 1.84. The summed E-state index contributed by atoms with van der Waals surface area (Å²) in [6, 6.07) is 1.00. The molecule has 38 heavy (non-hydrogen) atoms. The lowest BCUT2D eigenvalue weighted by atomic mass is 9.78. The lowest BCUT2D eigenvalue weighted by Gasteiger charge is -2.49. The van der Waals surface area contributed by atoms with E-state index in [9.17, 15) is 4.79 Å². The largest absolute Gasteiger partial charge is 0.340 e. The molecule has 0 aromatic carbocycles. The minimum atomic E-state index is 0.0639. The average Bonchev–Trinajstić information content (AvgIpc) is 2.73. The molecule has 0 radical (unpaired) electrons. The van der Waals surface area contributed by atoms with Gasteiger partial charge in [-0.3, -0.25) is 4.79 Å². The van der Waals surface area contributed by atoms with Gasteiger partial charge in [-0.25, -0.2) is 0 Å². The molecule has 0 aliphatic carbocycles. The molecule has 0 aromatic heterocycles. The fourth-order valence-corrected chi connectivity index (χ4v) is 7.78. The summed E-state index contributed by atoms with van der Waals surface area (Å²) in [6.45, 7) is 22.9. The normalized spacial score (nSPS) is 23.0. The van der Waals surface area contributed by atoms with Crippen molar-refractivity contribution < 1.29 is 4.79 Å². The van der Waals surface area contributed by atoms with Gasteiger partial charge in [0.25, 0.3) is 0 Å². The molecular weight excluding hydrogens is 468 g/mol. The van der Waals surface area contributed by atoms with E-state index < -0.39 is 0 Å². The van der Waals surface area contributed by atoms with Crippen LogP contribution in [0.15, 0.2) is 0 Å². The third-order valence-electron chi connectivity index (χ3n) is 8.88. The molecule has 1 amide bonds. The highest BCUT2D eigenvalue weighted by Crippen LogP contribution is 2.33. The molecule has 2 heterocycles. The minimum absolute atomic E-state index is 0.0639. The summed E-state index contributed by atoms with van der Waals surface area (Å²) in [4.78, 5) is 18.4. The number of carbonyl (C=O) groups excluding carboxylic acids is 1. The lowest BCUT2D eigenvalue weighted by Crippen LogP contribution is -2.62. The number of rotatable bonds is 15. The van der Waals surface area contributed by atoms with Crippen LogP contribution in [0, 0.1) is 0 Å². The highest BCUT2D eigenvalue weighted by Gasteiger charge is 2.41. The van der Waals surface area contributed by atoms with Crippen molar-refractivity contribution in [2.24, 2.45) is 0 Å². The van der Waals surface area contributed by atoms with Crippen LogP contribution in [-0.4, -0.2) is 70.1 Å². The second-order valence-electron chi connectivity index (χ2n) is 15.6. The van der Waals surface area contributed by atoms with E-state index in [0.29, 0.717) is 18.0 Å². The van der Waals surface area contributed by atoms with Gasteiger partial charge in [0.1, 0.15) is 0 Å². The van der Waals surface area contributed by atoms with Gasteiger partial charge in [0.2, 0.25) is 5.91 Å². The highest BCUT2D eigenvalue weighted by molar-refractivity contribution is 5.76. The number of nitrogens with zero attached hydrogens (tertiary/aromatic N) is 2. The van der Waals surface area contributed by atoms with E-state index in [1.54, 1.807) is 0 Å². The zero-order valence-electron chi connectivity index (χ0n) is 27.3.